The third-order valence-corrected chi connectivity index (χ3v) is 3.91. The second kappa shape index (κ2) is 7.09. The Balaban J connectivity index is 1.52. The molecule has 2 aromatic heterocycles. The van der Waals surface area contributed by atoms with Crippen LogP contribution < -0.4 is 10.1 Å². The number of nitrogens with zero attached hydrogens (tertiary/aromatic N) is 4. The first kappa shape index (κ1) is 15.9. The van der Waals surface area contributed by atoms with E-state index in [1.54, 1.807) is 10.6 Å². The van der Waals surface area contributed by atoms with Crippen molar-refractivity contribution in [2.24, 2.45) is 0 Å². The van der Waals surface area contributed by atoms with Gasteiger partial charge in [0.05, 0.1) is 0 Å². The van der Waals surface area contributed by atoms with Gasteiger partial charge in [0.15, 0.2) is 11.5 Å². The number of ether oxygens (including phenoxy) is 1. The Morgan fingerprint density at radius 3 is 2.78 bits per heavy atom. The molecule has 1 aromatic carbocycles. The SMILES string of the molecule is Cc1nnc2ccc(NCC(O)COc3ccc(I)cc3)nn12. The van der Waals surface area contributed by atoms with Gasteiger partial charge in [0, 0.05) is 10.1 Å². The zero-order valence-corrected chi connectivity index (χ0v) is 14.6. The summed E-state index contributed by atoms with van der Waals surface area (Å²) in [5.74, 6) is 2.10. The summed E-state index contributed by atoms with van der Waals surface area (Å²) in [5, 5.41) is 25.4. The molecule has 3 aromatic rings. The van der Waals surface area contributed by atoms with Crippen molar-refractivity contribution in [3.63, 3.8) is 0 Å². The van der Waals surface area contributed by atoms with Crippen molar-refractivity contribution in [3.8, 4) is 5.75 Å². The quantitative estimate of drug-likeness (QED) is 0.587. The summed E-state index contributed by atoms with van der Waals surface area (Å²) < 4.78 is 8.34. The number of hydrogen-bond acceptors (Lipinski definition) is 6. The normalized spacial score (nSPS) is 12.3. The highest BCUT2D eigenvalue weighted by molar-refractivity contribution is 14.1. The van der Waals surface area contributed by atoms with Crippen LogP contribution in [0.3, 0.4) is 0 Å². The lowest BCUT2D eigenvalue weighted by Gasteiger charge is -2.13. The molecule has 2 N–H and O–H groups in total. The third kappa shape index (κ3) is 4.08. The molecule has 0 radical (unpaired) electrons. The molecule has 2 heterocycles. The molecule has 0 aliphatic rings. The molecule has 0 aliphatic carbocycles. The minimum Gasteiger partial charge on any atom is -0.491 e. The number of anilines is 1. The van der Waals surface area contributed by atoms with Crippen LogP contribution in [-0.4, -0.2) is 44.2 Å². The fourth-order valence-corrected chi connectivity index (χ4v) is 2.35. The average molecular weight is 425 g/mol. The number of rotatable bonds is 6. The second-order valence-electron chi connectivity index (χ2n) is 5.04. The molecule has 8 heteroatoms. The monoisotopic (exact) mass is 425 g/mol. The van der Waals surface area contributed by atoms with Crippen molar-refractivity contribution in [3.05, 3.63) is 45.8 Å². The molecule has 0 aliphatic heterocycles. The Hall–Kier alpha value is -1.94. The Bertz CT molecular complexity index is 790. The predicted molar refractivity (Wildman–Crippen MR) is 94.7 cm³/mol. The largest absolute Gasteiger partial charge is 0.491 e. The average Bonchev–Trinajstić information content (AvgIpc) is 2.93. The van der Waals surface area contributed by atoms with E-state index in [0.717, 1.165) is 9.32 Å². The molecule has 1 atom stereocenters. The van der Waals surface area contributed by atoms with Crippen molar-refractivity contribution in [1.29, 1.82) is 0 Å². The fraction of sp³-hybridized carbons (Fsp3) is 0.267. The first-order valence-corrected chi connectivity index (χ1v) is 8.19. The molecular weight excluding hydrogens is 409 g/mol. The second-order valence-corrected chi connectivity index (χ2v) is 6.28. The molecule has 7 nitrogen and oxygen atoms in total. The maximum absolute atomic E-state index is 10.0. The van der Waals surface area contributed by atoms with Crippen molar-refractivity contribution in [2.75, 3.05) is 18.5 Å². The van der Waals surface area contributed by atoms with Crippen molar-refractivity contribution < 1.29 is 9.84 Å². The molecule has 23 heavy (non-hydrogen) atoms. The lowest BCUT2D eigenvalue weighted by Crippen LogP contribution is -2.26. The van der Waals surface area contributed by atoms with Crippen LogP contribution in [0.5, 0.6) is 5.75 Å². The van der Waals surface area contributed by atoms with E-state index in [4.69, 9.17) is 4.74 Å². The first-order valence-electron chi connectivity index (χ1n) is 7.11. The van der Waals surface area contributed by atoms with Gasteiger partial charge in [-0.1, -0.05) is 0 Å². The topological polar surface area (TPSA) is 84.6 Å². The highest BCUT2D eigenvalue weighted by Gasteiger charge is 2.07. The lowest BCUT2D eigenvalue weighted by atomic mass is 10.3. The van der Waals surface area contributed by atoms with Crippen LogP contribution in [0, 0.1) is 10.5 Å². The number of halogens is 1. The minimum absolute atomic E-state index is 0.210. The maximum Gasteiger partial charge on any atom is 0.178 e. The van der Waals surface area contributed by atoms with E-state index in [9.17, 15) is 5.11 Å². The van der Waals surface area contributed by atoms with Crippen LogP contribution in [0.4, 0.5) is 5.82 Å². The van der Waals surface area contributed by atoms with E-state index in [1.165, 1.54) is 0 Å². The predicted octanol–water partition coefficient (Wildman–Crippen LogP) is 1.89. The van der Waals surface area contributed by atoms with E-state index in [1.807, 2.05) is 37.3 Å². The number of benzene rings is 1. The minimum atomic E-state index is -0.645. The van der Waals surface area contributed by atoms with Crippen molar-refractivity contribution >= 4 is 34.1 Å². The molecule has 0 amide bonds. The number of aliphatic hydroxyl groups is 1. The van der Waals surface area contributed by atoms with Crippen molar-refractivity contribution in [1.82, 2.24) is 19.8 Å². The van der Waals surface area contributed by atoms with E-state index < -0.39 is 6.10 Å². The Kier molecular flexibility index (Phi) is 4.91. The molecule has 0 fully saturated rings. The summed E-state index contributed by atoms with van der Waals surface area (Å²) in [5.41, 5.74) is 0.690. The van der Waals surface area contributed by atoms with E-state index in [2.05, 4.69) is 43.2 Å². The standard InChI is InChI=1S/C15H16IN5O2/c1-10-18-19-15-7-6-14(20-21(10)15)17-8-12(22)9-23-13-4-2-11(16)3-5-13/h2-7,12,22H,8-9H2,1H3,(H,17,20). The van der Waals surface area contributed by atoms with Gasteiger partial charge in [-0.05, 0) is 65.9 Å². The van der Waals surface area contributed by atoms with E-state index in [0.29, 0.717) is 23.8 Å². The fourth-order valence-electron chi connectivity index (χ4n) is 1.99. The highest BCUT2D eigenvalue weighted by atomic mass is 127. The summed E-state index contributed by atoms with van der Waals surface area (Å²) in [6.45, 7) is 2.38. The molecule has 0 spiro atoms. The summed E-state index contributed by atoms with van der Waals surface area (Å²) >= 11 is 2.23. The van der Waals surface area contributed by atoms with E-state index >= 15 is 0 Å². The van der Waals surface area contributed by atoms with Gasteiger partial charge in [0.2, 0.25) is 0 Å². The van der Waals surface area contributed by atoms with Crippen molar-refractivity contribution in [2.45, 2.75) is 13.0 Å². The summed E-state index contributed by atoms with van der Waals surface area (Å²) in [6, 6.07) is 11.3. The molecule has 0 saturated heterocycles. The van der Waals surface area contributed by atoms with Gasteiger partial charge in [-0.2, -0.15) is 4.52 Å². The number of aromatic nitrogens is 4. The Labute approximate surface area is 146 Å². The number of hydrogen-bond donors (Lipinski definition) is 2. The maximum atomic E-state index is 10.0. The molecule has 0 saturated carbocycles. The van der Waals surface area contributed by atoms with Crippen LogP contribution in [-0.2, 0) is 0 Å². The number of nitrogens with one attached hydrogen (secondary N) is 1. The van der Waals surface area contributed by atoms with Gasteiger partial charge in [-0.15, -0.1) is 15.3 Å². The molecule has 3 rings (SSSR count). The number of fused-ring (bicyclic) bond motifs is 1. The smallest absolute Gasteiger partial charge is 0.178 e. The summed E-state index contributed by atoms with van der Waals surface area (Å²) in [4.78, 5) is 0. The van der Waals surface area contributed by atoms with Crippen LogP contribution in [0.1, 0.15) is 5.82 Å². The van der Waals surface area contributed by atoms with Gasteiger partial charge in [0.1, 0.15) is 24.3 Å². The molecule has 120 valence electrons. The lowest BCUT2D eigenvalue weighted by molar-refractivity contribution is 0.117. The van der Waals surface area contributed by atoms with Gasteiger partial charge < -0.3 is 15.2 Å². The third-order valence-electron chi connectivity index (χ3n) is 3.19. The van der Waals surface area contributed by atoms with Gasteiger partial charge in [-0.3, -0.25) is 0 Å². The van der Waals surface area contributed by atoms with Crippen LogP contribution in [0.25, 0.3) is 5.65 Å². The molecular formula is C15H16IN5O2. The summed E-state index contributed by atoms with van der Waals surface area (Å²) in [6.07, 6.45) is -0.645. The van der Waals surface area contributed by atoms with E-state index in [-0.39, 0.29) is 6.61 Å². The summed E-state index contributed by atoms with van der Waals surface area (Å²) in [7, 11) is 0. The van der Waals surface area contributed by atoms with Crippen LogP contribution >= 0.6 is 22.6 Å². The molecule has 0 bridgehead atoms. The zero-order valence-electron chi connectivity index (χ0n) is 12.5. The molecule has 1 unspecified atom stereocenters. The number of aryl methyl sites for hydroxylation is 1. The van der Waals surface area contributed by atoms with Gasteiger partial charge in [-0.25, -0.2) is 0 Å². The zero-order chi connectivity index (χ0) is 16.2. The van der Waals surface area contributed by atoms with Gasteiger partial charge in [0.25, 0.3) is 0 Å². The highest BCUT2D eigenvalue weighted by Crippen LogP contribution is 2.13. The van der Waals surface area contributed by atoms with Gasteiger partial charge >= 0.3 is 0 Å². The van der Waals surface area contributed by atoms with Crippen LogP contribution in [0.15, 0.2) is 36.4 Å². The van der Waals surface area contributed by atoms with Crippen LogP contribution in [0.2, 0.25) is 0 Å². The Morgan fingerprint density at radius 1 is 1.22 bits per heavy atom. The first-order chi connectivity index (χ1) is 11.1. The Morgan fingerprint density at radius 2 is 2.00 bits per heavy atom. The number of aliphatic hydroxyl groups excluding tert-OH is 1.